The SMILES string of the molecule is COc1ccccc1N(CCCC(=O)NC[C@@H](C)c1ccccc1)S(C)(=O)=O. The standard InChI is InChI=1S/C21H28N2O4S/c1-17(18-10-5-4-6-11-18)16-22-21(24)14-9-15-23(28(3,25)26)19-12-7-8-13-20(19)27-2/h4-8,10-13,17H,9,14-16H2,1-3H3,(H,22,24)/t17-/m1/s1. The molecule has 0 spiro atoms. The maximum absolute atomic E-state index is 12.2. The van der Waals surface area contributed by atoms with Gasteiger partial charge in [0.1, 0.15) is 5.75 Å². The number of para-hydroxylation sites is 2. The van der Waals surface area contributed by atoms with Crippen molar-refractivity contribution >= 4 is 21.6 Å². The summed E-state index contributed by atoms with van der Waals surface area (Å²) >= 11 is 0. The van der Waals surface area contributed by atoms with Crippen molar-refractivity contribution in [2.45, 2.75) is 25.7 Å². The fourth-order valence-corrected chi connectivity index (χ4v) is 3.91. The Balaban J connectivity index is 1.89. The highest BCUT2D eigenvalue weighted by molar-refractivity contribution is 7.92. The molecule has 2 aromatic rings. The normalized spacial score (nSPS) is 12.2. The number of nitrogens with one attached hydrogen (secondary N) is 1. The van der Waals surface area contributed by atoms with E-state index in [-0.39, 0.29) is 24.8 Å². The van der Waals surface area contributed by atoms with Crippen molar-refractivity contribution in [3.8, 4) is 5.75 Å². The second-order valence-electron chi connectivity index (χ2n) is 6.73. The molecule has 1 atom stereocenters. The van der Waals surface area contributed by atoms with Crippen LogP contribution in [0.1, 0.15) is 31.2 Å². The van der Waals surface area contributed by atoms with Crippen LogP contribution in [0.25, 0.3) is 0 Å². The van der Waals surface area contributed by atoms with Crippen LogP contribution in [-0.4, -0.2) is 40.8 Å². The minimum absolute atomic E-state index is 0.0868. The Morgan fingerprint density at radius 3 is 2.39 bits per heavy atom. The summed E-state index contributed by atoms with van der Waals surface area (Å²) in [5, 5.41) is 2.92. The molecule has 0 aliphatic carbocycles. The number of ether oxygens (including phenoxy) is 1. The van der Waals surface area contributed by atoms with Crippen LogP contribution in [0.4, 0.5) is 5.69 Å². The third-order valence-electron chi connectivity index (χ3n) is 4.49. The molecule has 0 aliphatic heterocycles. The molecule has 152 valence electrons. The van der Waals surface area contributed by atoms with Gasteiger partial charge in [-0.1, -0.05) is 49.4 Å². The Labute approximate surface area is 167 Å². The summed E-state index contributed by atoms with van der Waals surface area (Å²) < 4.78 is 31.0. The van der Waals surface area contributed by atoms with Gasteiger partial charge in [0.05, 0.1) is 19.1 Å². The smallest absolute Gasteiger partial charge is 0.232 e. The van der Waals surface area contributed by atoms with Crippen molar-refractivity contribution in [1.82, 2.24) is 5.32 Å². The molecule has 0 heterocycles. The Kier molecular flexibility index (Phi) is 7.87. The fraction of sp³-hybridized carbons (Fsp3) is 0.381. The first-order valence-corrected chi connectivity index (χ1v) is 11.1. The first-order valence-electron chi connectivity index (χ1n) is 9.25. The monoisotopic (exact) mass is 404 g/mol. The van der Waals surface area contributed by atoms with Gasteiger partial charge in [0.25, 0.3) is 0 Å². The fourth-order valence-electron chi connectivity index (χ4n) is 2.94. The number of carbonyl (C=O) groups is 1. The summed E-state index contributed by atoms with van der Waals surface area (Å²) in [7, 11) is -1.99. The predicted octanol–water partition coefficient (Wildman–Crippen LogP) is 3.16. The molecule has 2 rings (SSSR count). The molecule has 0 aromatic heterocycles. The lowest BCUT2D eigenvalue weighted by molar-refractivity contribution is -0.121. The van der Waals surface area contributed by atoms with Crippen LogP contribution in [0.5, 0.6) is 5.75 Å². The molecule has 0 radical (unpaired) electrons. The third-order valence-corrected chi connectivity index (χ3v) is 5.67. The minimum Gasteiger partial charge on any atom is -0.495 e. The molecule has 6 nitrogen and oxygen atoms in total. The quantitative estimate of drug-likeness (QED) is 0.660. The van der Waals surface area contributed by atoms with E-state index in [1.807, 2.05) is 30.3 Å². The van der Waals surface area contributed by atoms with Gasteiger partial charge in [-0.05, 0) is 30.0 Å². The molecule has 1 amide bonds. The molecule has 0 unspecified atom stereocenters. The Hall–Kier alpha value is -2.54. The number of hydrogen-bond acceptors (Lipinski definition) is 4. The van der Waals surface area contributed by atoms with Crippen molar-refractivity contribution in [3.05, 3.63) is 60.2 Å². The number of hydrogen-bond donors (Lipinski definition) is 1. The number of carbonyl (C=O) groups excluding carboxylic acids is 1. The second-order valence-corrected chi connectivity index (χ2v) is 8.63. The zero-order valence-electron chi connectivity index (χ0n) is 16.6. The Morgan fingerprint density at radius 2 is 1.75 bits per heavy atom. The summed E-state index contributed by atoms with van der Waals surface area (Å²) in [6, 6.07) is 16.9. The van der Waals surface area contributed by atoms with Crippen molar-refractivity contribution in [3.63, 3.8) is 0 Å². The highest BCUT2D eigenvalue weighted by atomic mass is 32.2. The Bertz CT molecular complexity index is 869. The van der Waals surface area contributed by atoms with Crippen LogP contribution in [-0.2, 0) is 14.8 Å². The van der Waals surface area contributed by atoms with E-state index in [2.05, 4.69) is 12.2 Å². The highest BCUT2D eigenvalue weighted by Crippen LogP contribution is 2.29. The summed E-state index contributed by atoms with van der Waals surface area (Å²) in [4.78, 5) is 12.2. The summed E-state index contributed by atoms with van der Waals surface area (Å²) in [6.45, 7) is 2.81. The van der Waals surface area contributed by atoms with Crippen LogP contribution < -0.4 is 14.4 Å². The van der Waals surface area contributed by atoms with E-state index in [9.17, 15) is 13.2 Å². The van der Waals surface area contributed by atoms with Gasteiger partial charge in [0, 0.05) is 19.5 Å². The van der Waals surface area contributed by atoms with Crippen LogP contribution in [0.3, 0.4) is 0 Å². The molecule has 7 heteroatoms. The number of nitrogens with zero attached hydrogens (tertiary/aromatic N) is 1. The van der Waals surface area contributed by atoms with E-state index in [1.54, 1.807) is 24.3 Å². The van der Waals surface area contributed by atoms with Crippen molar-refractivity contribution in [2.24, 2.45) is 0 Å². The summed E-state index contributed by atoms with van der Waals surface area (Å²) in [5.41, 5.74) is 1.65. The lowest BCUT2D eigenvalue weighted by Gasteiger charge is -2.24. The molecule has 0 saturated heterocycles. The van der Waals surface area contributed by atoms with Crippen molar-refractivity contribution in [2.75, 3.05) is 30.8 Å². The van der Waals surface area contributed by atoms with Crippen molar-refractivity contribution in [1.29, 1.82) is 0 Å². The third kappa shape index (κ3) is 6.27. The van der Waals surface area contributed by atoms with Crippen molar-refractivity contribution < 1.29 is 17.9 Å². The van der Waals surface area contributed by atoms with Gasteiger partial charge in [-0.3, -0.25) is 9.10 Å². The predicted molar refractivity (Wildman–Crippen MR) is 112 cm³/mol. The molecular formula is C21H28N2O4S. The van der Waals surface area contributed by atoms with E-state index < -0.39 is 10.0 Å². The van der Waals surface area contributed by atoms with Gasteiger partial charge in [-0.2, -0.15) is 0 Å². The number of benzene rings is 2. The zero-order chi connectivity index (χ0) is 20.6. The van der Waals surface area contributed by atoms with Gasteiger partial charge in [-0.25, -0.2) is 8.42 Å². The Morgan fingerprint density at radius 1 is 1.11 bits per heavy atom. The molecule has 0 fully saturated rings. The molecular weight excluding hydrogens is 376 g/mol. The van der Waals surface area contributed by atoms with Gasteiger partial charge in [0.2, 0.25) is 15.9 Å². The molecule has 1 N–H and O–H groups in total. The summed E-state index contributed by atoms with van der Waals surface area (Å²) in [5.74, 6) is 0.608. The second kappa shape index (κ2) is 10.1. The maximum atomic E-state index is 12.2. The topological polar surface area (TPSA) is 75.7 Å². The van der Waals surface area contributed by atoms with E-state index in [4.69, 9.17) is 4.74 Å². The van der Waals surface area contributed by atoms with Crippen LogP contribution in [0.15, 0.2) is 54.6 Å². The summed E-state index contributed by atoms with van der Waals surface area (Å²) in [6.07, 6.45) is 1.82. The highest BCUT2D eigenvalue weighted by Gasteiger charge is 2.20. The number of methoxy groups -OCH3 is 1. The average molecular weight is 405 g/mol. The van der Waals surface area contributed by atoms with E-state index >= 15 is 0 Å². The average Bonchev–Trinajstić information content (AvgIpc) is 2.69. The zero-order valence-corrected chi connectivity index (χ0v) is 17.4. The first-order chi connectivity index (χ1) is 13.3. The number of rotatable bonds is 10. The number of amides is 1. The molecule has 0 saturated carbocycles. The van der Waals surface area contributed by atoms with E-state index in [1.165, 1.54) is 17.0 Å². The molecule has 2 aromatic carbocycles. The molecule has 28 heavy (non-hydrogen) atoms. The van der Waals surface area contributed by atoms with Gasteiger partial charge in [0.15, 0.2) is 0 Å². The first kappa shape index (κ1) is 21.8. The van der Waals surface area contributed by atoms with Gasteiger partial charge >= 0.3 is 0 Å². The van der Waals surface area contributed by atoms with E-state index in [0.717, 1.165) is 6.26 Å². The molecule has 0 bridgehead atoms. The number of anilines is 1. The van der Waals surface area contributed by atoms with Crippen LogP contribution >= 0.6 is 0 Å². The molecule has 0 aliphatic rings. The van der Waals surface area contributed by atoms with Crippen LogP contribution in [0, 0.1) is 0 Å². The lowest BCUT2D eigenvalue weighted by Crippen LogP contribution is -2.33. The van der Waals surface area contributed by atoms with Crippen LogP contribution in [0.2, 0.25) is 0 Å². The lowest BCUT2D eigenvalue weighted by atomic mass is 10.0. The van der Waals surface area contributed by atoms with Gasteiger partial charge < -0.3 is 10.1 Å². The number of sulfonamides is 1. The van der Waals surface area contributed by atoms with Gasteiger partial charge in [-0.15, -0.1) is 0 Å². The minimum atomic E-state index is -3.49. The maximum Gasteiger partial charge on any atom is 0.232 e. The van der Waals surface area contributed by atoms with E-state index in [0.29, 0.717) is 24.4 Å². The largest absolute Gasteiger partial charge is 0.495 e.